The third-order valence-corrected chi connectivity index (χ3v) is 2.43. The molecule has 17 heavy (non-hydrogen) atoms. The average molecular weight is 228 g/mol. The number of esters is 1. The van der Waals surface area contributed by atoms with Crippen LogP contribution in [0, 0.1) is 5.41 Å². The Hall–Kier alpha value is -2.36. The highest BCUT2D eigenvalue weighted by molar-refractivity contribution is 6.12. The maximum Gasteiger partial charge on any atom is 0.309 e. The molecule has 0 amide bonds. The summed E-state index contributed by atoms with van der Waals surface area (Å²) in [6.45, 7) is 1.26. The van der Waals surface area contributed by atoms with Gasteiger partial charge < -0.3 is 10.5 Å². The van der Waals surface area contributed by atoms with E-state index in [4.69, 9.17) is 15.9 Å². The van der Waals surface area contributed by atoms with E-state index in [1.54, 1.807) is 6.07 Å². The van der Waals surface area contributed by atoms with E-state index >= 15 is 0 Å². The summed E-state index contributed by atoms with van der Waals surface area (Å²) >= 11 is 0. The molecule has 0 aliphatic carbocycles. The number of rotatable bonds is 1. The van der Waals surface area contributed by atoms with Gasteiger partial charge in [0.05, 0.1) is 5.56 Å². The predicted molar refractivity (Wildman–Crippen MR) is 67.0 cm³/mol. The molecule has 0 aromatic heterocycles. The number of fused-ring (bicyclic) bond motifs is 1. The molecule has 86 valence electrons. The van der Waals surface area contributed by atoms with Gasteiger partial charge in [-0.25, -0.2) is 0 Å². The lowest BCUT2D eigenvalue weighted by Crippen LogP contribution is -2.12. The van der Waals surface area contributed by atoms with Crippen LogP contribution in [-0.4, -0.2) is 11.9 Å². The Bertz CT molecular complexity index is 605. The fourth-order valence-electron chi connectivity index (χ4n) is 1.74. The molecule has 0 radical (unpaired) electrons. The number of carbonyl (C=O) groups is 1. The first-order valence-electron chi connectivity index (χ1n) is 5.14. The molecule has 0 aliphatic heterocycles. The normalized spacial score (nSPS) is 10.2. The maximum atomic E-state index is 10.9. The Morgan fingerprint density at radius 2 is 1.94 bits per heavy atom. The first kappa shape index (κ1) is 11.1. The van der Waals surface area contributed by atoms with E-state index in [0.717, 1.165) is 10.8 Å². The van der Waals surface area contributed by atoms with E-state index in [1.807, 2.05) is 30.3 Å². The van der Waals surface area contributed by atoms with Crippen LogP contribution in [0.1, 0.15) is 12.5 Å². The van der Waals surface area contributed by atoms with Gasteiger partial charge in [-0.05, 0) is 16.8 Å². The van der Waals surface area contributed by atoms with E-state index in [-0.39, 0.29) is 5.90 Å². The van der Waals surface area contributed by atoms with Crippen LogP contribution in [0.15, 0.2) is 36.4 Å². The molecule has 3 N–H and O–H groups in total. The number of nitrogens with two attached hydrogens (primary N) is 1. The molecule has 0 saturated carbocycles. The van der Waals surface area contributed by atoms with Gasteiger partial charge in [0.15, 0.2) is 0 Å². The molecular weight excluding hydrogens is 216 g/mol. The zero-order chi connectivity index (χ0) is 12.4. The minimum absolute atomic E-state index is 0.216. The molecular formula is C13H12N2O2. The Morgan fingerprint density at radius 3 is 2.65 bits per heavy atom. The molecule has 0 unspecified atom stereocenters. The number of benzene rings is 2. The van der Waals surface area contributed by atoms with Crippen molar-refractivity contribution >= 4 is 28.3 Å². The number of anilines is 1. The lowest BCUT2D eigenvalue weighted by Gasteiger charge is -2.10. The zero-order valence-corrected chi connectivity index (χ0v) is 9.36. The second-order valence-corrected chi connectivity index (χ2v) is 3.67. The van der Waals surface area contributed by atoms with E-state index in [9.17, 15) is 4.79 Å². The molecule has 4 heteroatoms. The van der Waals surface area contributed by atoms with Gasteiger partial charge in [0.1, 0.15) is 0 Å². The van der Waals surface area contributed by atoms with Crippen molar-refractivity contribution < 1.29 is 9.53 Å². The number of hydrogen-bond acceptors (Lipinski definition) is 4. The molecule has 0 bridgehead atoms. The second kappa shape index (κ2) is 4.25. The molecule has 0 aliphatic rings. The fraction of sp³-hybridized carbons (Fsp3) is 0.0769. The molecule has 4 nitrogen and oxygen atoms in total. The van der Waals surface area contributed by atoms with Gasteiger partial charge in [0.25, 0.3) is 0 Å². The summed E-state index contributed by atoms with van der Waals surface area (Å²) in [5.41, 5.74) is 6.71. The molecule has 0 heterocycles. The Balaban J connectivity index is 2.62. The molecule has 0 saturated heterocycles. The maximum absolute atomic E-state index is 10.9. The minimum Gasteiger partial charge on any atom is -0.408 e. The van der Waals surface area contributed by atoms with Gasteiger partial charge in [-0.15, -0.1) is 0 Å². The highest BCUT2D eigenvalue weighted by atomic mass is 16.5. The van der Waals surface area contributed by atoms with Crippen LogP contribution in [-0.2, 0) is 9.53 Å². The van der Waals surface area contributed by atoms with Gasteiger partial charge in [0, 0.05) is 12.6 Å². The smallest absolute Gasteiger partial charge is 0.309 e. The van der Waals surface area contributed by atoms with Crippen molar-refractivity contribution in [3.05, 3.63) is 42.0 Å². The average Bonchev–Trinajstić information content (AvgIpc) is 2.27. The topological polar surface area (TPSA) is 76.2 Å². The summed E-state index contributed by atoms with van der Waals surface area (Å²) in [7, 11) is 0. The number of ether oxygens (including phenoxy) is 1. The molecule has 0 spiro atoms. The lowest BCUT2D eigenvalue weighted by molar-refractivity contribution is -0.132. The summed E-state index contributed by atoms with van der Waals surface area (Å²) in [5.74, 6) is -0.742. The van der Waals surface area contributed by atoms with Crippen LogP contribution in [0.3, 0.4) is 0 Å². The van der Waals surface area contributed by atoms with Crippen molar-refractivity contribution in [2.45, 2.75) is 6.92 Å². The van der Waals surface area contributed by atoms with Gasteiger partial charge in [0.2, 0.25) is 5.90 Å². The monoisotopic (exact) mass is 228 g/mol. The van der Waals surface area contributed by atoms with Crippen molar-refractivity contribution in [1.82, 2.24) is 0 Å². The zero-order valence-electron chi connectivity index (χ0n) is 9.36. The van der Waals surface area contributed by atoms with Crippen LogP contribution in [0.25, 0.3) is 10.8 Å². The summed E-state index contributed by atoms with van der Waals surface area (Å²) in [6.07, 6.45) is 0. The number of nitrogens with one attached hydrogen (secondary N) is 1. The van der Waals surface area contributed by atoms with Crippen molar-refractivity contribution in [3.63, 3.8) is 0 Å². The van der Waals surface area contributed by atoms with E-state index < -0.39 is 5.97 Å². The van der Waals surface area contributed by atoms with Crippen LogP contribution in [0.5, 0.6) is 0 Å². The van der Waals surface area contributed by atoms with Crippen LogP contribution in [0.4, 0.5) is 5.69 Å². The molecule has 2 rings (SSSR count). The van der Waals surface area contributed by atoms with Gasteiger partial charge >= 0.3 is 5.97 Å². The molecule has 2 aromatic carbocycles. The fourth-order valence-corrected chi connectivity index (χ4v) is 1.74. The quantitative estimate of drug-likeness (QED) is 0.340. The number of nitrogen functional groups attached to an aromatic ring is 1. The Kier molecular flexibility index (Phi) is 2.78. The van der Waals surface area contributed by atoms with Crippen LogP contribution >= 0.6 is 0 Å². The molecule has 0 atom stereocenters. The lowest BCUT2D eigenvalue weighted by atomic mass is 10.0. The minimum atomic E-state index is -0.526. The summed E-state index contributed by atoms with van der Waals surface area (Å²) in [4.78, 5) is 10.9. The highest BCUT2D eigenvalue weighted by Crippen LogP contribution is 2.24. The van der Waals surface area contributed by atoms with E-state index in [2.05, 4.69) is 0 Å². The van der Waals surface area contributed by atoms with Crippen LogP contribution < -0.4 is 5.73 Å². The second-order valence-electron chi connectivity index (χ2n) is 3.67. The summed E-state index contributed by atoms with van der Waals surface area (Å²) in [6, 6.07) is 11.1. The largest absolute Gasteiger partial charge is 0.408 e. The van der Waals surface area contributed by atoms with Crippen molar-refractivity contribution in [3.8, 4) is 0 Å². The third kappa shape index (κ3) is 2.10. The summed E-state index contributed by atoms with van der Waals surface area (Å²) in [5, 5.41) is 9.52. The predicted octanol–water partition coefficient (Wildman–Crippen LogP) is 2.31. The molecule has 2 aromatic rings. The Labute approximate surface area is 98.5 Å². The van der Waals surface area contributed by atoms with Crippen molar-refractivity contribution in [2.75, 3.05) is 5.73 Å². The van der Waals surface area contributed by atoms with Gasteiger partial charge in [-0.3, -0.25) is 10.2 Å². The van der Waals surface area contributed by atoms with Gasteiger partial charge in [-0.1, -0.05) is 30.3 Å². The first-order valence-corrected chi connectivity index (χ1v) is 5.14. The van der Waals surface area contributed by atoms with E-state index in [0.29, 0.717) is 11.3 Å². The van der Waals surface area contributed by atoms with Crippen molar-refractivity contribution in [1.29, 1.82) is 5.41 Å². The standard InChI is InChI=1S/C13H12N2O2/c1-8(16)17-13(15)12-10-5-3-2-4-9(10)6-7-11(12)14/h2-7,15H,14H2,1H3. The Morgan fingerprint density at radius 1 is 1.24 bits per heavy atom. The third-order valence-electron chi connectivity index (χ3n) is 2.43. The number of hydrogen-bond donors (Lipinski definition) is 2. The van der Waals surface area contributed by atoms with Gasteiger partial charge in [-0.2, -0.15) is 0 Å². The number of carbonyl (C=O) groups excluding carboxylic acids is 1. The van der Waals surface area contributed by atoms with Crippen molar-refractivity contribution in [2.24, 2.45) is 0 Å². The summed E-state index contributed by atoms with van der Waals surface area (Å²) < 4.78 is 4.79. The first-order chi connectivity index (χ1) is 8.09. The SMILES string of the molecule is CC(=O)OC(=N)c1c(N)ccc2ccccc12. The van der Waals surface area contributed by atoms with Crippen LogP contribution in [0.2, 0.25) is 0 Å². The highest BCUT2D eigenvalue weighted by Gasteiger charge is 2.13. The van der Waals surface area contributed by atoms with E-state index in [1.165, 1.54) is 6.92 Å². The molecule has 0 fully saturated rings.